The summed E-state index contributed by atoms with van der Waals surface area (Å²) in [4.78, 5) is 13.5. The van der Waals surface area contributed by atoms with Crippen LogP contribution in [0, 0.1) is 5.92 Å². The van der Waals surface area contributed by atoms with Gasteiger partial charge in [-0.05, 0) is 45.2 Å². The van der Waals surface area contributed by atoms with Gasteiger partial charge in [-0.3, -0.25) is 4.79 Å². The minimum atomic E-state index is -0.869. The number of rotatable bonds is 7. The molecule has 0 spiro atoms. The van der Waals surface area contributed by atoms with Gasteiger partial charge in [-0.2, -0.15) is 0 Å². The third-order valence-corrected chi connectivity index (χ3v) is 3.51. The third-order valence-electron chi connectivity index (χ3n) is 3.51. The van der Waals surface area contributed by atoms with E-state index in [4.69, 9.17) is 16.2 Å². The number of hydrogen-bond acceptors (Lipinski definition) is 4. The Bertz CT molecular complexity index is 256. The Morgan fingerprint density at radius 3 is 2.88 bits per heavy atom. The van der Waals surface area contributed by atoms with Crippen LogP contribution in [0.4, 0.5) is 0 Å². The Kier molecular flexibility index (Phi) is 5.36. The van der Waals surface area contributed by atoms with Crippen molar-refractivity contribution in [1.29, 1.82) is 0 Å². The SMILES string of the molecule is COCC1CCN(CCCC(C)(N)C(N)=O)C1. The maximum absolute atomic E-state index is 11.1. The number of hydrogen-bond donors (Lipinski definition) is 2. The number of methoxy groups -OCH3 is 1. The highest BCUT2D eigenvalue weighted by molar-refractivity contribution is 5.83. The summed E-state index contributed by atoms with van der Waals surface area (Å²) in [5.74, 6) is 0.233. The fraction of sp³-hybridized carbons (Fsp3) is 0.917. The van der Waals surface area contributed by atoms with Gasteiger partial charge < -0.3 is 21.1 Å². The minimum absolute atomic E-state index is 0.420. The first-order valence-corrected chi connectivity index (χ1v) is 6.26. The Morgan fingerprint density at radius 1 is 1.59 bits per heavy atom. The van der Waals surface area contributed by atoms with Gasteiger partial charge in [0.15, 0.2) is 0 Å². The zero-order valence-electron chi connectivity index (χ0n) is 10.9. The molecule has 100 valence electrons. The summed E-state index contributed by atoms with van der Waals surface area (Å²) < 4.78 is 5.16. The van der Waals surface area contributed by atoms with E-state index in [9.17, 15) is 4.79 Å². The Hall–Kier alpha value is -0.650. The van der Waals surface area contributed by atoms with Gasteiger partial charge in [-0.15, -0.1) is 0 Å². The predicted molar refractivity (Wildman–Crippen MR) is 67.4 cm³/mol. The van der Waals surface area contributed by atoms with Crippen LogP contribution in [-0.2, 0) is 9.53 Å². The Morgan fingerprint density at radius 2 is 2.29 bits per heavy atom. The first kappa shape index (κ1) is 14.4. The summed E-state index contributed by atoms with van der Waals surface area (Å²) in [7, 11) is 1.75. The van der Waals surface area contributed by atoms with Crippen molar-refractivity contribution in [2.75, 3.05) is 33.4 Å². The van der Waals surface area contributed by atoms with Gasteiger partial charge >= 0.3 is 0 Å². The van der Waals surface area contributed by atoms with Crippen molar-refractivity contribution in [1.82, 2.24) is 4.90 Å². The molecule has 1 aliphatic rings. The topological polar surface area (TPSA) is 81.6 Å². The molecule has 1 heterocycles. The highest BCUT2D eigenvalue weighted by Gasteiger charge is 2.26. The first-order valence-electron chi connectivity index (χ1n) is 6.26. The lowest BCUT2D eigenvalue weighted by Crippen LogP contribution is -2.49. The molecule has 5 heteroatoms. The molecular formula is C12H25N3O2. The largest absolute Gasteiger partial charge is 0.384 e. The highest BCUT2D eigenvalue weighted by atomic mass is 16.5. The van der Waals surface area contributed by atoms with Crippen molar-refractivity contribution in [2.45, 2.75) is 31.7 Å². The first-order chi connectivity index (χ1) is 7.95. The predicted octanol–water partition coefficient (Wildman–Crippen LogP) is -0.0624. The number of nitrogens with two attached hydrogens (primary N) is 2. The molecule has 0 radical (unpaired) electrons. The van der Waals surface area contributed by atoms with Crippen molar-refractivity contribution >= 4 is 5.91 Å². The second-order valence-electron chi connectivity index (χ2n) is 5.30. The van der Waals surface area contributed by atoms with Gasteiger partial charge in [-0.25, -0.2) is 0 Å². The van der Waals surface area contributed by atoms with Crippen LogP contribution in [0.3, 0.4) is 0 Å². The molecule has 0 aromatic carbocycles. The van der Waals surface area contributed by atoms with Crippen molar-refractivity contribution in [2.24, 2.45) is 17.4 Å². The van der Waals surface area contributed by atoms with Gasteiger partial charge in [0.05, 0.1) is 12.1 Å². The Labute approximate surface area is 103 Å². The van der Waals surface area contributed by atoms with E-state index in [1.54, 1.807) is 14.0 Å². The molecule has 5 nitrogen and oxygen atoms in total. The summed E-state index contributed by atoms with van der Waals surface area (Å²) in [6.07, 6.45) is 2.76. The van der Waals surface area contributed by atoms with Gasteiger partial charge in [0.25, 0.3) is 0 Å². The van der Waals surface area contributed by atoms with E-state index in [-0.39, 0.29) is 0 Å². The number of ether oxygens (including phenoxy) is 1. The van der Waals surface area contributed by atoms with Crippen LogP contribution in [0.2, 0.25) is 0 Å². The quantitative estimate of drug-likeness (QED) is 0.656. The average molecular weight is 243 g/mol. The summed E-state index contributed by atoms with van der Waals surface area (Å²) in [5, 5.41) is 0. The zero-order chi connectivity index (χ0) is 12.9. The molecule has 2 atom stereocenters. The van der Waals surface area contributed by atoms with E-state index in [0.717, 1.165) is 32.7 Å². The number of likely N-dealkylation sites (tertiary alicyclic amines) is 1. The van der Waals surface area contributed by atoms with Gasteiger partial charge in [0.1, 0.15) is 0 Å². The summed E-state index contributed by atoms with van der Waals surface area (Å²) >= 11 is 0. The molecule has 1 saturated heterocycles. The molecule has 0 aromatic rings. The van der Waals surface area contributed by atoms with Gasteiger partial charge in [0.2, 0.25) is 5.91 Å². The van der Waals surface area contributed by atoms with Crippen LogP contribution < -0.4 is 11.5 Å². The second-order valence-corrected chi connectivity index (χ2v) is 5.30. The summed E-state index contributed by atoms with van der Waals surface area (Å²) in [5.41, 5.74) is 10.2. The molecule has 0 bridgehead atoms. The molecule has 1 fully saturated rings. The number of primary amides is 1. The van der Waals surface area contributed by atoms with Crippen LogP contribution in [0.5, 0.6) is 0 Å². The van der Waals surface area contributed by atoms with E-state index in [1.807, 2.05) is 0 Å². The van der Waals surface area contributed by atoms with Gasteiger partial charge in [-0.1, -0.05) is 0 Å². The lowest BCUT2D eigenvalue weighted by molar-refractivity contribution is -0.122. The normalized spacial score (nSPS) is 24.8. The molecule has 0 aliphatic carbocycles. The molecular weight excluding hydrogens is 218 g/mol. The standard InChI is InChI=1S/C12H25N3O2/c1-12(14,11(13)16)5-3-6-15-7-4-10(8-15)9-17-2/h10H,3-9,14H2,1-2H3,(H2,13,16). The van der Waals surface area contributed by atoms with Crippen molar-refractivity contribution in [3.05, 3.63) is 0 Å². The van der Waals surface area contributed by atoms with Gasteiger partial charge in [0, 0.05) is 13.7 Å². The molecule has 1 amide bonds. The van der Waals surface area contributed by atoms with Crippen molar-refractivity contribution < 1.29 is 9.53 Å². The molecule has 2 unspecified atom stereocenters. The van der Waals surface area contributed by atoms with E-state index >= 15 is 0 Å². The number of nitrogens with zero attached hydrogens (tertiary/aromatic N) is 1. The monoisotopic (exact) mass is 243 g/mol. The molecule has 0 aromatic heterocycles. The Balaban J connectivity index is 2.18. The number of carbonyl (C=O) groups is 1. The molecule has 4 N–H and O–H groups in total. The highest BCUT2D eigenvalue weighted by Crippen LogP contribution is 2.17. The van der Waals surface area contributed by atoms with Crippen LogP contribution in [0.15, 0.2) is 0 Å². The van der Waals surface area contributed by atoms with E-state index < -0.39 is 11.4 Å². The maximum Gasteiger partial charge on any atom is 0.237 e. The van der Waals surface area contributed by atoms with E-state index in [0.29, 0.717) is 12.3 Å². The van der Waals surface area contributed by atoms with E-state index in [1.165, 1.54) is 6.42 Å². The van der Waals surface area contributed by atoms with Crippen LogP contribution in [0.25, 0.3) is 0 Å². The summed E-state index contributed by atoms with van der Waals surface area (Å²) in [6, 6.07) is 0. The average Bonchev–Trinajstić information content (AvgIpc) is 2.66. The molecule has 17 heavy (non-hydrogen) atoms. The van der Waals surface area contributed by atoms with Crippen LogP contribution in [-0.4, -0.2) is 49.7 Å². The lowest BCUT2D eigenvalue weighted by Gasteiger charge is -2.22. The second kappa shape index (κ2) is 6.33. The number of carbonyl (C=O) groups excluding carboxylic acids is 1. The lowest BCUT2D eigenvalue weighted by atomic mass is 9.96. The molecule has 1 aliphatic heterocycles. The van der Waals surface area contributed by atoms with Crippen LogP contribution in [0.1, 0.15) is 26.2 Å². The zero-order valence-corrected chi connectivity index (χ0v) is 10.9. The molecule has 1 rings (SSSR count). The fourth-order valence-corrected chi connectivity index (χ4v) is 2.28. The molecule has 0 saturated carbocycles. The van der Waals surface area contributed by atoms with Crippen molar-refractivity contribution in [3.63, 3.8) is 0 Å². The fourth-order valence-electron chi connectivity index (χ4n) is 2.28. The van der Waals surface area contributed by atoms with Crippen LogP contribution >= 0.6 is 0 Å². The minimum Gasteiger partial charge on any atom is -0.384 e. The van der Waals surface area contributed by atoms with Crippen molar-refractivity contribution in [3.8, 4) is 0 Å². The number of amides is 1. The smallest absolute Gasteiger partial charge is 0.237 e. The third kappa shape index (κ3) is 4.61. The summed E-state index contributed by atoms with van der Waals surface area (Å²) in [6.45, 7) is 5.73. The maximum atomic E-state index is 11.1. The van der Waals surface area contributed by atoms with E-state index in [2.05, 4.69) is 4.90 Å².